The fraction of sp³-hybridized carbons (Fsp3) is 0.148. The zero-order valence-electron chi connectivity index (χ0n) is 19.5. The highest BCUT2D eigenvalue weighted by molar-refractivity contribution is 7.98. The molecular formula is C27H21F3N4OS. The standard InChI is InChI=1S/C27H21F3N4OS/c1-17-7-5-9-19(15-17)21-10-4-3-8-20(21)16-36-26-32-31-24-25(35)33(13-14-34(24)26)23-12-6-11-22(18(23)2)27(28,29)30/h3-15H,16H2,1-2H3. The lowest BCUT2D eigenvalue weighted by Gasteiger charge is -2.15. The molecule has 3 aromatic carbocycles. The minimum atomic E-state index is -4.51. The number of aryl methyl sites for hydroxylation is 1. The van der Waals surface area contributed by atoms with E-state index in [9.17, 15) is 18.0 Å². The number of rotatable bonds is 5. The van der Waals surface area contributed by atoms with Gasteiger partial charge >= 0.3 is 11.7 Å². The van der Waals surface area contributed by atoms with Gasteiger partial charge in [0.25, 0.3) is 0 Å². The van der Waals surface area contributed by atoms with Crippen molar-refractivity contribution < 1.29 is 13.2 Å². The molecule has 0 aliphatic carbocycles. The van der Waals surface area contributed by atoms with E-state index >= 15 is 0 Å². The number of nitrogens with zero attached hydrogens (tertiary/aromatic N) is 4. The molecule has 182 valence electrons. The molecule has 5 aromatic rings. The summed E-state index contributed by atoms with van der Waals surface area (Å²) < 4.78 is 42.8. The number of aromatic nitrogens is 4. The van der Waals surface area contributed by atoms with Gasteiger partial charge in [0.05, 0.1) is 11.3 Å². The van der Waals surface area contributed by atoms with Crippen molar-refractivity contribution in [2.75, 3.05) is 0 Å². The molecule has 0 spiro atoms. The number of halogens is 3. The van der Waals surface area contributed by atoms with Gasteiger partial charge in [0.15, 0.2) is 5.16 Å². The third-order valence-electron chi connectivity index (χ3n) is 6.01. The van der Waals surface area contributed by atoms with Crippen LogP contribution < -0.4 is 5.56 Å². The summed E-state index contributed by atoms with van der Waals surface area (Å²) in [6.45, 7) is 3.41. The predicted octanol–water partition coefficient (Wildman–Crippen LogP) is 6.48. The first-order valence-electron chi connectivity index (χ1n) is 11.2. The van der Waals surface area contributed by atoms with Crippen LogP contribution in [0.2, 0.25) is 0 Å². The Morgan fingerprint density at radius 2 is 1.69 bits per heavy atom. The molecule has 5 nitrogen and oxygen atoms in total. The van der Waals surface area contributed by atoms with Crippen molar-refractivity contribution in [2.45, 2.75) is 30.9 Å². The van der Waals surface area contributed by atoms with Crippen LogP contribution in [0.15, 0.2) is 89.1 Å². The third kappa shape index (κ3) is 4.42. The minimum Gasteiger partial charge on any atom is -0.279 e. The van der Waals surface area contributed by atoms with Gasteiger partial charge in [-0.15, -0.1) is 10.2 Å². The summed E-state index contributed by atoms with van der Waals surface area (Å²) in [6.07, 6.45) is -1.46. The van der Waals surface area contributed by atoms with Crippen molar-refractivity contribution in [3.8, 4) is 16.8 Å². The molecular weight excluding hydrogens is 485 g/mol. The number of thioether (sulfide) groups is 1. The fourth-order valence-electron chi connectivity index (χ4n) is 4.23. The molecule has 0 radical (unpaired) electrons. The number of alkyl halides is 3. The molecule has 2 aromatic heterocycles. The number of benzene rings is 3. The van der Waals surface area contributed by atoms with Gasteiger partial charge in [0.2, 0.25) is 5.65 Å². The molecule has 0 bridgehead atoms. The topological polar surface area (TPSA) is 52.2 Å². The van der Waals surface area contributed by atoms with E-state index in [0.29, 0.717) is 10.9 Å². The van der Waals surface area contributed by atoms with Gasteiger partial charge in [-0.1, -0.05) is 71.9 Å². The molecule has 0 aliphatic rings. The molecule has 36 heavy (non-hydrogen) atoms. The van der Waals surface area contributed by atoms with Crippen LogP contribution in [-0.4, -0.2) is 19.2 Å². The van der Waals surface area contributed by atoms with Crippen molar-refractivity contribution in [3.05, 3.63) is 112 Å². The van der Waals surface area contributed by atoms with Crippen LogP contribution in [0, 0.1) is 13.8 Å². The Bertz CT molecular complexity index is 1640. The molecule has 9 heteroatoms. The Kier molecular flexibility index (Phi) is 6.17. The first-order chi connectivity index (χ1) is 17.2. The molecule has 0 aliphatic heterocycles. The van der Waals surface area contributed by atoms with Gasteiger partial charge in [-0.25, -0.2) is 0 Å². The van der Waals surface area contributed by atoms with Crippen LogP contribution >= 0.6 is 11.8 Å². The fourth-order valence-corrected chi connectivity index (χ4v) is 5.15. The minimum absolute atomic E-state index is 0.0293. The smallest absolute Gasteiger partial charge is 0.279 e. The van der Waals surface area contributed by atoms with Gasteiger partial charge in [0.1, 0.15) is 0 Å². The SMILES string of the molecule is Cc1cccc(-c2ccccc2CSc2nnc3c(=O)n(-c4cccc(C(F)(F)F)c4C)ccn23)c1. The van der Waals surface area contributed by atoms with Gasteiger partial charge in [0, 0.05) is 18.1 Å². The van der Waals surface area contributed by atoms with Crippen LogP contribution in [-0.2, 0) is 11.9 Å². The molecule has 0 atom stereocenters. The quantitative estimate of drug-likeness (QED) is 0.256. The van der Waals surface area contributed by atoms with Crippen LogP contribution in [0.3, 0.4) is 0 Å². The first kappa shape index (κ1) is 23.9. The van der Waals surface area contributed by atoms with Crippen molar-refractivity contribution in [1.82, 2.24) is 19.2 Å². The average molecular weight is 507 g/mol. The normalized spacial score (nSPS) is 11.8. The summed E-state index contributed by atoms with van der Waals surface area (Å²) in [7, 11) is 0. The summed E-state index contributed by atoms with van der Waals surface area (Å²) in [6, 6.07) is 20.2. The second-order valence-corrected chi connectivity index (χ2v) is 9.35. The van der Waals surface area contributed by atoms with Crippen molar-refractivity contribution >= 4 is 17.4 Å². The number of hydrogen-bond donors (Lipinski definition) is 0. The highest BCUT2D eigenvalue weighted by Gasteiger charge is 2.33. The van der Waals surface area contributed by atoms with E-state index in [1.807, 2.05) is 18.2 Å². The molecule has 0 saturated carbocycles. The summed E-state index contributed by atoms with van der Waals surface area (Å²) in [4.78, 5) is 13.1. The summed E-state index contributed by atoms with van der Waals surface area (Å²) >= 11 is 1.43. The van der Waals surface area contributed by atoms with E-state index in [4.69, 9.17) is 0 Å². The Morgan fingerprint density at radius 3 is 2.47 bits per heavy atom. The van der Waals surface area contributed by atoms with Crippen LogP contribution in [0.1, 0.15) is 22.3 Å². The summed E-state index contributed by atoms with van der Waals surface area (Å²) in [5, 5.41) is 8.75. The lowest BCUT2D eigenvalue weighted by molar-refractivity contribution is -0.138. The average Bonchev–Trinajstić information content (AvgIpc) is 3.27. The second kappa shape index (κ2) is 9.31. The third-order valence-corrected chi connectivity index (χ3v) is 7.00. The Balaban J connectivity index is 1.47. The zero-order chi connectivity index (χ0) is 25.4. The molecule has 0 fully saturated rings. The van der Waals surface area contributed by atoms with E-state index in [0.717, 1.165) is 22.8 Å². The summed E-state index contributed by atoms with van der Waals surface area (Å²) in [5.41, 5.74) is 3.37. The molecule has 0 amide bonds. The van der Waals surface area contributed by atoms with Gasteiger partial charge in [-0.05, 0) is 48.2 Å². The maximum Gasteiger partial charge on any atom is 0.416 e. The molecule has 2 heterocycles. The summed E-state index contributed by atoms with van der Waals surface area (Å²) in [5.74, 6) is 0.598. The maximum atomic E-state index is 13.4. The lowest BCUT2D eigenvalue weighted by Crippen LogP contribution is -2.22. The van der Waals surface area contributed by atoms with E-state index in [2.05, 4.69) is 47.5 Å². The number of fused-ring (bicyclic) bond motifs is 1. The van der Waals surface area contributed by atoms with Gasteiger partial charge < -0.3 is 0 Å². The van der Waals surface area contributed by atoms with Crippen LogP contribution in [0.25, 0.3) is 22.5 Å². The lowest BCUT2D eigenvalue weighted by atomic mass is 9.99. The molecule has 0 unspecified atom stereocenters. The van der Waals surface area contributed by atoms with E-state index in [1.165, 1.54) is 47.1 Å². The Morgan fingerprint density at radius 1 is 0.917 bits per heavy atom. The van der Waals surface area contributed by atoms with Crippen LogP contribution in [0.4, 0.5) is 13.2 Å². The number of hydrogen-bond acceptors (Lipinski definition) is 4. The highest BCUT2D eigenvalue weighted by atomic mass is 32.2. The Labute approximate surface area is 209 Å². The van der Waals surface area contributed by atoms with Crippen molar-refractivity contribution in [1.29, 1.82) is 0 Å². The van der Waals surface area contributed by atoms with Crippen molar-refractivity contribution in [3.63, 3.8) is 0 Å². The van der Waals surface area contributed by atoms with E-state index in [-0.39, 0.29) is 16.9 Å². The van der Waals surface area contributed by atoms with Gasteiger partial charge in [-0.2, -0.15) is 13.2 Å². The molecule has 0 saturated heterocycles. The molecule has 0 N–H and O–H groups in total. The largest absolute Gasteiger partial charge is 0.416 e. The highest BCUT2D eigenvalue weighted by Crippen LogP contribution is 2.34. The van der Waals surface area contributed by atoms with E-state index < -0.39 is 17.3 Å². The molecule has 5 rings (SSSR count). The van der Waals surface area contributed by atoms with Crippen molar-refractivity contribution in [2.24, 2.45) is 0 Å². The maximum absolute atomic E-state index is 13.4. The first-order valence-corrected chi connectivity index (χ1v) is 12.1. The monoisotopic (exact) mass is 506 g/mol. The van der Waals surface area contributed by atoms with E-state index in [1.54, 1.807) is 10.6 Å². The van der Waals surface area contributed by atoms with Crippen LogP contribution in [0.5, 0.6) is 0 Å². The predicted molar refractivity (Wildman–Crippen MR) is 134 cm³/mol. The Hall–Kier alpha value is -3.85. The second-order valence-electron chi connectivity index (χ2n) is 8.41. The van der Waals surface area contributed by atoms with Gasteiger partial charge in [-0.3, -0.25) is 13.8 Å². The zero-order valence-corrected chi connectivity index (χ0v) is 20.3.